The van der Waals surface area contributed by atoms with Crippen LogP contribution in [0.15, 0.2) is 43.0 Å². The number of aliphatic hydroxyl groups is 1. The van der Waals surface area contributed by atoms with E-state index in [4.69, 9.17) is 9.47 Å². The third kappa shape index (κ3) is 3.67. The van der Waals surface area contributed by atoms with E-state index in [1.807, 2.05) is 6.07 Å². The van der Waals surface area contributed by atoms with Gasteiger partial charge in [0.2, 0.25) is 0 Å². The highest BCUT2D eigenvalue weighted by atomic mass is 16.6. The van der Waals surface area contributed by atoms with Gasteiger partial charge in [-0.2, -0.15) is 0 Å². The summed E-state index contributed by atoms with van der Waals surface area (Å²) in [6.07, 6.45) is 2.46. The van der Waals surface area contributed by atoms with Crippen LogP contribution in [-0.4, -0.2) is 35.4 Å². The van der Waals surface area contributed by atoms with Gasteiger partial charge >= 0.3 is 11.9 Å². The normalized spacial score (nSPS) is 31.8. The molecule has 5 atom stereocenters. The maximum Gasteiger partial charge on any atom is 0.338 e. The molecule has 0 saturated heterocycles. The lowest BCUT2D eigenvalue weighted by molar-refractivity contribution is -0.163. The van der Waals surface area contributed by atoms with E-state index in [1.165, 1.54) is 0 Å². The van der Waals surface area contributed by atoms with E-state index in [9.17, 15) is 14.7 Å². The maximum absolute atomic E-state index is 12.4. The van der Waals surface area contributed by atoms with E-state index < -0.39 is 24.1 Å². The van der Waals surface area contributed by atoms with Crippen molar-refractivity contribution in [1.82, 2.24) is 0 Å². The van der Waals surface area contributed by atoms with Crippen molar-refractivity contribution in [3.63, 3.8) is 0 Å². The zero-order chi connectivity index (χ0) is 17.1. The van der Waals surface area contributed by atoms with Crippen molar-refractivity contribution >= 4 is 11.9 Å². The average molecular weight is 330 g/mol. The van der Waals surface area contributed by atoms with Crippen LogP contribution in [0.5, 0.6) is 0 Å². The highest BCUT2D eigenvalue weighted by molar-refractivity contribution is 5.89. The average Bonchev–Trinajstić information content (AvgIpc) is 2.58. The standard InChI is InChI=1S/C19H22O5/c1-2-17(21)23-16-10-12-8-14(11-15(20)9-12)18(16)24-19(22)13-6-4-3-5-7-13/h2-7,12,14-16,18,20H,1,8-11H2/t12?,14?,15-,16?,18?/m0/s1. The SMILES string of the molecule is C=CC(=O)OC1CC2CC(C[C@@H](O)C2)C1OC(=O)c1ccccc1. The fourth-order valence-electron chi connectivity index (χ4n) is 3.93. The van der Waals surface area contributed by atoms with Gasteiger partial charge in [-0.1, -0.05) is 24.8 Å². The number of hydrogen-bond donors (Lipinski definition) is 1. The number of rotatable bonds is 4. The lowest BCUT2D eigenvalue weighted by atomic mass is 9.68. The molecule has 1 aromatic rings. The third-order valence-corrected chi connectivity index (χ3v) is 4.90. The van der Waals surface area contributed by atoms with Gasteiger partial charge in [-0.3, -0.25) is 0 Å². The van der Waals surface area contributed by atoms with Crippen LogP contribution < -0.4 is 0 Å². The first kappa shape index (κ1) is 16.7. The zero-order valence-corrected chi connectivity index (χ0v) is 13.5. The van der Waals surface area contributed by atoms with Crippen molar-refractivity contribution in [1.29, 1.82) is 0 Å². The van der Waals surface area contributed by atoms with E-state index >= 15 is 0 Å². The molecule has 3 rings (SSSR count). The van der Waals surface area contributed by atoms with Gasteiger partial charge in [0.25, 0.3) is 0 Å². The Morgan fingerprint density at radius 3 is 2.54 bits per heavy atom. The molecule has 1 N–H and O–H groups in total. The van der Waals surface area contributed by atoms with Crippen molar-refractivity contribution in [3.8, 4) is 0 Å². The largest absolute Gasteiger partial charge is 0.455 e. The predicted molar refractivity (Wildman–Crippen MR) is 87.2 cm³/mol. The third-order valence-electron chi connectivity index (χ3n) is 4.90. The second-order valence-corrected chi connectivity index (χ2v) is 6.64. The summed E-state index contributed by atoms with van der Waals surface area (Å²) in [6.45, 7) is 3.42. The van der Waals surface area contributed by atoms with Crippen LogP contribution in [0.3, 0.4) is 0 Å². The van der Waals surface area contributed by atoms with Crippen LogP contribution in [-0.2, 0) is 14.3 Å². The number of carbonyl (C=O) groups is 2. The molecule has 0 heterocycles. The van der Waals surface area contributed by atoms with Crippen LogP contribution in [0.2, 0.25) is 0 Å². The highest BCUT2D eigenvalue weighted by Gasteiger charge is 2.46. The molecule has 4 unspecified atom stereocenters. The summed E-state index contributed by atoms with van der Waals surface area (Å²) in [5, 5.41) is 10.0. The van der Waals surface area contributed by atoms with E-state index in [0.717, 1.165) is 12.5 Å². The number of fused-ring (bicyclic) bond motifs is 2. The molecule has 24 heavy (non-hydrogen) atoms. The van der Waals surface area contributed by atoms with Gasteiger partial charge in [-0.05, 0) is 43.7 Å². The molecule has 2 saturated carbocycles. The smallest absolute Gasteiger partial charge is 0.338 e. The molecule has 0 radical (unpaired) electrons. The highest BCUT2D eigenvalue weighted by Crippen LogP contribution is 2.42. The van der Waals surface area contributed by atoms with Crippen LogP contribution >= 0.6 is 0 Å². The number of esters is 2. The first-order valence-corrected chi connectivity index (χ1v) is 8.34. The molecule has 5 heteroatoms. The fraction of sp³-hybridized carbons (Fsp3) is 0.474. The Labute approximate surface area is 141 Å². The summed E-state index contributed by atoms with van der Waals surface area (Å²) in [7, 11) is 0. The van der Waals surface area contributed by atoms with Gasteiger partial charge in [-0.25, -0.2) is 9.59 Å². The van der Waals surface area contributed by atoms with E-state index in [1.54, 1.807) is 24.3 Å². The number of benzene rings is 1. The molecule has 0 aromatic heterocycles. The molecule has 5 nitrogen and oxygen atoms in total. The molecule has 0 spiro atoms. The van der Waals surface area contributed by atoms with Crippen LogP contribution in [0.25, 0.3) is 0 Å². The minimum absolute atomic E-state index is 0.00257. The van der Waals surface area contributed by atoms with Crippen LogP contribution in [0.1, 0.15) is 36.0 Å². The Morgan fingerprint density at radius 2 is 1.83 bits per heavy atom. The van der Waals surface area contributed by atoms with Crippen molar-refractivity contribution < 1.29 is 24.2 Å². The lowest BCUT2D eigenvalue weighted by Crippen LogP contribution is -2.50. The van der Waals surface area contributed by atoms with Gasteiger partial charge in [0.1, 0.15) is 12.2 Å². The minimum atomic E-state index is -0.534. The summed E-state index contributed by atoms with van der Waals surface area (Å²) in [5.74, 6) is -0.657. The molecule has 2 aliphatic carbocycles. The first-order valence-electron chi connectivity index (χ1n) is 8.34. The molecule has 0 amide bonds. The number of carbonyl (C=O) groups excluding carboxylic acids is 2. The Kier molecular flexibility index (Phi) is 5.00. The molecule has 0 aliphatic heterocycles. The summed E-state index contributed by atoms with van der Waals surface area (Å²) in [6, 6.07) is 8.75. The summed E-state index contributed by atoms with van der Waals surface area (Å²) in [5.41, 5.74) is 0.463. The summed E-state index contributed by atoms with van der Waals surface area (Å²) >= 11 is 0. The molecule has 128 valence electrons. The van der Waals surface area contributed by atoms with Crippen LogP contribution in [0.4, 0.5) is 0 Å². The fourth-order valence-corrected chi connectivity index (χ4v) is 3.93. The molecular weight excluding hydrogens is 308 g/mol. The topological polar surface area (TPSA) is 72.8 Å². The first-order chi connectivity index (χ1) is 11.6. The monoisotopic (exact) mass is 330 g/mol. The summed E-state index contributed by atoms with van der Waals surface area (Å²) < 4.78 is 11.2. The van der Waals surface area contributed by atoms with Gasteiger partial charge in [0.05, 0.1) is 11.7 Å². The van der Waals surface area contributed by atoms with Crippen molar-refractivity contribution in [2.24, 2.45) is 11.8 Å². The molecule has 2 bridgehead atoms. The molecular formula is C19H22O5. The maximum atomic E-state index is 12.4. The van der Waals surface area contributed by atoms with Gasteiger partial charge in [0, 0.05) is 12.0 Å². The molecule has 2 aliphatic rings. The van der Waals surface area contributed by atoms with E-state index in [0.29, 0.717) is 24.8 Å². The quantitative estimate of drug-likeness (QED) is 0.678. The zero-order valence-electron chi connectivity index (χ0n) is 13.5. The van der Waals surface area contributed by atoms with Gasteiger partial charge < -0.3 is 14.6 Å². The number of hydrogen-bond acceptors (Lipinski definition) is 5. The van der Waals surface area contributed by atoms with Gasteiger partial charge in [0.15, 0.2) is 0 Å². The molecule has 2 fully saturated rings. The number of ether oxygens (including phenoxy) is 2. The number of aliphatic hydroxyl groups excluding tert-OH is 1. The Morgan fingerprint density at radius 1 is 1.08 bits per heavy atom. The van der Waals surface area contributed by atoms with E-state index in [-0.39, 0.29) is 17.9 Å². The lowest BCUT2D eigenvalue weighted by Gasteiger charge is -2.45. The summed E-state index contributed by atoms with van der Waals surface area (Å²) in [4.78, 5) is 24.0. The minimum Gasteiger partial charge on any atom is -0.455 e. The Hall–Kier alpha value is -2.14. The van der Waals surface area contributed by atoms with Gasteiger partial charge in [-0.15, -0.1) is 0 Å². The van der Waals surface area contributed by atoms with Crippen molar-refractivity contribution in [2.75, 3.05) is 0 Å². The van der Waals surface area contributed by atoms with Crippen molar-refractivity contribution in [2.45, 2.75) is 44.0 Å². The van der Waals surface area contributed by atoms with Crippen LogP contribution in [0, 0.1) is 11.8 Å². The second-order valence-electron chi connectivity index (χ2n) is 6.64. The Bertz CT molecular complexity index is 609. The van der Waals surface area contributed by atoms with Crippen molar-refractivity contribution in [3.05, 3.63) is 48.6 Å². The van der Waals surface area contributed by atoms with E-state index in [2.05, 4.69) is 6.58 Å². The molecule has 1 aromatic carbocycles. The second kappa shape index (κ2) is 7.18. The predicted octanol–water partition coefficient (Wildman–Crippen LogP) is 2.49. The Balaban J connectivity index is 1.78.